The Balaban J connectivity index is 1.56. The summed E-state index contributed by atoms with van der Waals surface area (Å²) in [4.78, 5) is 30.0. The molecular formula is C22H19N3O4S. The number of benzene rings is 2. The fourth-order valence-corrected chi connectivity index (χ4v) is 3.92. The zero-order valence-corrected chi connectivity index (χ0v) is 16.9. The molecule has 2 heterocycles. The molecule has 0 saturated carbocycles. The van der Waals surface area contributed by atoms with Gasteiger partial charge < -0.3 is 19.8 Å². The highest BCUT2D eigenvalue weighted by Crippen LogP contribution is 2.32. The van der Waals surface area contributed by atoms with Gasteiger partial charge in [0.15, 0.2) is 10.9 Å². The maximum Gasteiger partial charge on any atom is 0.287 e. The lowest BCUT2D eigenvalue weighted by Gasteiger charge is -2.17. The van der Waals surface area contributed by atoms with Gasteiger partial charge in [0, 0.05) is 6.42 Å². The summed E-state index contributed by atoms with van der Waals surface area (Å²) in [6.07, 6.45) is 1.74. The number of para-hydroxylation sites is 1. The monoisotopic (exact) mass is 421 g/mol. The summed E-state index contributed by atoms with van der Waals surface area (Å²) in [6, 6.07) is 17.4. The minimum Gasteiger partial charge on any atom is -0.494 e. The summed E-state index contributed by atoms with van der Waals surface area (Å²) >= 11 is 1.34. The number of thiazole rings is 1. The first-order valence-electron chi connectivity index (χ1n) is 9.27. The van der Waals surface area contributed by atoms with Crippen LogP contribution in [0.3, 0.4) is 0 Å². The Morgan fingerprint density at radius 3 is 2.67 bits per heavy atom. The summed E-state index contributed by atoms with van der Waals surface area (Å²) < 4.78 is 11.4. The van der Waals surface area contributed by atoms with E-state index in [-0.39, 0.29) is 11.7 Å². The highest BCUT2D eigenvalue weighted by atomic mass is 32.1. The molecule has 2 aromatic heterocycles. The molecule has 2 amide bonds. The Kier molecular flexibility index (Phi) is 5.76. The second-order valence-corrected chi connectivity index (χ2v) is 7.54. The predicted molar refractivity (Wildman–Crippen MR) is 115 cm³/mol. The van der Waals surface area contributed by atoms with Crippen LogP contribution in [0.5, 0.6) is 5.75 Å². The van der Waals surface area contributed by atoms with Crippen LogP contribution in [0.25, 0.3) is 10.2 Å². The van der Waals surface area contributed by atoms with Gasteiger partial charge in [0.25, 0.3) is 5.91 Å². The number of hydrogen-bond donors (Lipinski definition) is 2. The number of nitrogens with one attached hydrogen (secondary N) is 2. The van der Waals surface area contributed by atoms with Crippen LogP contribution in [-0.2, 0) is 11.2 Å². The molecule has 8 heteroatoms. The molecule has 0 bridgehead atoms. The highest BCUT2D eigenvalue weighted by molar-refractivity contribution is 7.22. The fourth-order valence-electron chi connectivity index (χ4n) is 3.03. The van der Waals surface area contributed by atoms with Gasteiger partial charge in [-0.2, -0.15) is 0 Å². The topological polar surface area (TPSA) is 93.5 Å². The second kappa shape index (κ2) is 8.79. The molecule has 2 aromatic carbocycles. The van der Waals surface area contributed by atoms with Gasteiger partial charge in [-0.05, 0) is 29.8 Å². The van der Waals surface area contributed by atoms with E-state index < -0.39 is 11.9 Å². The molecule has 0 saturated heterocycles. The van der Waals surface area contributed by atoms with E-state index in [9.17, 15) is 9.59 Å². The number of ether oxygens (including phenoxy) is 1. The van der Waals surface area contributed by atoms with E-state index in [0.29, 0.717) is 22.8 Å². The number of hydrogen-bond acceptors (Lipinski definition) is 6. The molecule has 7 nitrogen and oxygen atoms in total. The van der Waals surface area contributed by atoms with Gasteiger partial charge >= 0.3 is 0 Å². The van der Waals surface area contributed by atoms with E-state index in [0.717, 1.165) is 10.3 Å². The zero-order valence-electron chi connectivity index (χ0n) is 16.1. The van der Waals surface area contributed by atoms with E-state index in [1.54, 1.807) is 19.2 Å². The maximum absolute atomic E-state index is 13.0. The number of carbonyl (C=O) groups excluding carboxylic acids is 2. The van der Waals surface area contributed by atoms with Crippen molar-refractivity contribution in [3.8, 4) is 5.75 Å². The van der Waals surface area contributed by atoms with Crippen LogP contribution < -0.4 is 15.4 Å². The van der Waals surface area contributed by atoms with Gasteiger partial charge in [0.05, 0.1) is 18.1 Å². The van der Waals surface area contributed by atoms with Gasteiger partial charge in [-0.1, -0.05) is 47.7 Å². The van der Waals surface area contributed by atoms with Gasteiger partial charge in [-0.15, -0.1) is 0 Å². The molecule has 4 aromatic rings. The van der Waals surface area contributed by atoms with Crippen molar-refractivity contribution in [2.24, 2.45) is 0 Å². The van der Waals surface area contributed by atoms with E-state index in [4.69, 9.17) is 9.15 Å². The summed E-state index contributed by atoms with van der Waals surface area (Å²) in [7, 11) is 1.58. The molecule has 4 rings (SSSR count). The largest absolute Gasteiger partial charge is 0.494 e. The number of anilines is 1. The van der Waals surface area contributed by atoms with Gasteiger partial charge in [-0.3, -0.25) is 9.59 Å². The summed E-state index contributed by atoms with van der Waals surface area (Å²) in [5, 5.41) is 6.01. The van der Waals surface area contributed by atoms with Crippen molar-refractivity contribution in [3.63, 3.8) is 0 Å². The predicted octanol–water partition coefficient (Wildman–Crippen LogP) is 3.88. The lowest BCUT2D eigenvalue weighted by Crippen LogP contribution is -2.45. The summed E-state index contributed by atoms with van der Waals surface area (Å²) in [6.45, 7) is 0. The molecule has 0 radical (unpaired) electrons. The average Bonchev–Trinajstić information content (AvgIpc) is 3.43. The third-order valence-electron chi connectivity index (χ3n) is 4.48. The Morgan fingerprint density at radius 2 is 1.93 bits per heavy atom. The Morgan fingerprint density at radius 1 is 1.10 bits per heavy atom. The number of methoxy groups -OCH3 is 1. The molecule has 0 fully saturated rings. The summed E-state index contributed by atoms with van der Waals surface area (Å²) in [5.74, 6) is -0.0411. The molecule has 0 aliphatic carbocycles. The van der Waals surface area contributed by atoms with Crippen LogP contribution in [0.15, 0.2) is 71.3 Å². The van der Waals surface area contributed by atoms with Gasteiger partial charge in [0.1, 0.15) is 17.3 Å². The molecule has 0 spiro atoms. The van der Waals surface area contributed by atoms with E-state index in [1.165, 1.54) is 17.6 Å². The van der Waals surface area contributed by atoms with Crippen LogP contribution in [0.4, 0.5) is 5.13 Å². The fraction of sp³-hybridized carbons (Fsp3) is 0.136. The second-order valence-electron chi connectivity index (χ2n) is 6.51. The Bertz CT molecular complexity index is 1160. The Labute approximate surface area is 176 Å². The van der Waals surface area contributed by atoms with Crippen LogP contribution in [0, 0.1) is 0 Å². The first kappa shape index (κ1) is 19.7. The first-order chi connectivity index (χ1) is 14.6. The van der Waals surface area contributed by atoms with E-state index >= 15 is 0 Å². The van der Waals surface area contributed by atoms with Gasteiger partial charge in [-0.25, -0.2) is 4.98 Å². The molecule has 0 aliphatic rings. The molecule has 0 unspecified atom stereocenters. The van der Waals surface area contributed by atoms with Crippen molar-refractivity contribution >= 4 is 38.5 Å². The lowest BCUT2D eigenvalue weighted by atomic mass is 10.1. The van der Waals surface area contributed by atoms with Crippen molar-refractivity contribution < 1.29 is 18.7 Å². The minimum atomic E-state index is -0.807. The number of aromatic nitrogens is 1. The smallest absolute Gasteiger partial charge is 0.287 e. The number of amides is 2. The van der Waals surface area contributed by atoms with Crippen LogP contribution in [0.2, 0.25) is 0 Å². The SMILES string of the molecule is COc1cccc2sc(NC(=O)[C@H](Cc3ccccc3)NC(=O)c3ccco3)nc12. The van der Waals surface area contributed by atoms with Crippen LogP contribution in [-0.4, -0.2) is 29.9 Å². The zero-order chi connectivity index (χ0) is 20.9. The minimum absolute atomic E-state index is 0.144. The van der Waals surface area contributed by atoms with Crippen LogP contribution in [0.1, 0.15) is 16.1 Å². The summed E-state index contributed by atoms with van der Waals surface area (Å²) in [5.41, 5.74) is 1.60. The van der Waals surface area contributed by atoms with Crippen molar-refractivity contribution in [2.45, 2.75) is 12.5 Å². The van der Waals surface area contributed by atoms with E-state index in [2.05, 4.69) is 15.6 Å². The quantitative estimate of drug-likeness (QED) is 0.472. The van der Waals surface area contributed by atoms with Crippen LogP contribution >= 0.6 is 11.3 Å². The third kappa shape index (κ3) is 4.33. The van der Waals surface area contributed by atoms with Crippen molar-refractivity contribution in [3.05, 3.63) is 78.3 Å². The normalized spacial score (nSPS) is 11.8. The molecule has 1 atom stereocenters. The number of nitrogens with zero attached hydrogens (tertiary/aromatic N) is 1. The number of rotatable bonds is 7. The molecule has 30 heavy (non-hydrogen) atoms. The number of furan rings is 1. The van der Waals surface area contributed by atoms with Crippen molar-refractivity contribution in [1.29, 1.82) is 0 Å². The van der Waals surface area contributed by atoms with Crippen molar-refractivity contribution in [1.82, 2.24) is 10.3 Å². The maximum atomic E-state index is 13.0. The number of fused-ring (bicyclic) bond motifs is 1. The average molecular weight is 421 g/mol. The van der Waals surface area contributed by atoms with Crippen molar-refractivity contribution in [2.75, 3.05) is 12.4 Å². The Hall–Kier alpha value is -3.65. The van der Waals surface area contributed by atoms with E-state index in [1.807, 2.05) is 48.5 Å². The number of carbonyl (C=O) groups is 2. The van der Waals surface area contributed by atoms with Gasteiger partial charge in [0.2, 0.25) is 5.91 Å². The molecule has 152 valence electrons. The lowest BCUT2D eigenvalue weighted by molar-refractivity contribution is -0.118. The first-order valence-corrected chi connectivity index (χ1v) is 10.1. The molecule has 0 aliphatic heterocycles. The standard InChI is InChI=1S/C22H19N3O4S/c1-28-16-9-5-11-18-19(16)24-22(30-18)25-20(26)15(13-14-7-3-2-4-8-14)23-21(27)17-10-6-12-29-17/h2-12,15H,13H2,1H3,(H,23,27)(H,24,25,26)/t15-/m0/s1. The highest BCUT2D eigenvalue weighted by Gasteiger charge is 2.24. The molecular weight excluding hydrogens is 402 g/mol. The molecule has 2 N–H and O–H groups in total. The third-order valence-corrected chi connectivity index (χ3v) is 5.42.